The first-order valence-electron chi connectivity index (χ1n) is 13.0. The van der Waals surface area contributed by atoms with E-state index in [2.05, 4.69) is 157 Å². The van der Waals surface area contributed by atoms with Crippen molar-refractivity contribution in [1.29, 1.82) is 0 Å². The Kier molecular flexibility index (Phi) is 23.0. The third-order valence-corrected chi connectivity index (χ3v) is 5.89. The second kappa shape index (κ2) is 23.5. The molecule has 3 aromatic carbocycles. The first-order chi connectivity index (χ1) is 19.6. The van der Waals surface area contributed by atoms with Crippen molar-refractivity contribution in [2.45, 2.75) is 62.3 Å². The summed E-state index contributed by atoms with van der Waals surface area (Å²) in [5.74, 6) is 0. The van der Waals surface area contributed by atoms with Gasteiger partial charge in [0.15, 0.2) is 0 Å². The molecule has 0 heterocycles. The second-order valence-electron chi connectivity index (χ2n) is 9.01. The van der Waals surface area contributed by atoms with Gasteiger partial charge in [-0.15, -0.1) is 0 Å². The van der Waals surface area contributed by atoms with E-state index in [0.717, 1.165) is 80.5 Å². The summed E-state index contributed by atoms with van der Waals surface area (Å²) in [6.45, 7) is 20.4. The fourth-order valence-corrected chi connectivity index (χ4v) is 3.80. The molecule has 229 valence electrons. The topological polar surface area (TPSA) is 49.9 Å². The van der Waals surface area contributed by atoms with E-state index in [1.165, 1.54) is 0 Å². The number of aliphatic imine (C=N–C) groups is 3. The Bertz CT molecular complexity index is 1240. The summed E-state index contributed by atoms with van der Waals surface area (Å²) in [4.78, 5) is 14.6. The molecule has 4 nitrogen and oxygen atoms in total. The van der Waals surface area contributed by atoms with E-state index in [-0.39, 0.29) is 0 Å². The number of aryl methyl sites for hydroxylation is 6. The van der Waals surface area contributed by atoms with Crippen molar-refractivity contribution in [3.8, 4) is 0 Å². The van der Waals surface area contributed by atoms with Crippen LogP contribution in [0.2, 0.25) is 0 Å². The molecule has 0 saturated carbocycles. The molecule has 0 atom stereocenters. The molecule has 0 spiro atoms. The average Bonchev–Trinajstić information content (AvgIpc) is 2.94. The number of hydrogen-bond acceptors (Lipinski definition) is 3. The molecule has 0 aliphatic carbocycles. The predicted octanol–water partition coefficient (Wildman–Crippen LogP) is 10.6. The van der Waals surface area contributed by atoms with Crippen molar-refractivity contribution in [1.82, 2.24) is 0 Å². The van der Waals surface area contributed by atoms with E-state index in [0.29, 0.717) is 5.71 Å². The number of halogens is 3. The minimum absolute atomic E-state index is 0.641. The van der Waals surface area contributed by atoms with Gasteiger partial charge in [-0.2, -0.15) is 0 Å². The average molecular weight is 844 g/mol. The number of ether oxygens (including phenoxy) is 1. The zero-order chi connectivity index (χ0) is 31.4. The number of aliphatic hydroxyl groups is 2. The molecule has 0 fully saturated rings. The van der Waals surface area contributed by atoms with Gasteiger partial charge in [-0.05, 0) is 80.9 Å². The quantitative estimate of drug-likeness (QED) is 0.0985. The molecule has 0 radical (unpaired) electrons. The zero-order valence-corrected chi connectivity index (χ0v) is 31.7. The molecule has 3 aromatic rings. The van der Waals surface area contributed by atoms with E-state index < -0.39 is 0 Å². The van der Waals surface area contributed by atoms with Gasteiger partial charge in [0.25, 0.3) is 0 Å². The first-order valence-corrected chi connectivity index (χ1v) is 20.1. The van der Waals surface area contributed by atoms with Crippen LogP contribution in [-0.2, 0) is 29.3 Å². The number of hydrogen-bond donors (Lipinski definition) is 0. The van der Waals surface area contributed by atoms with Crippen LogP contribution in [0.15, 0.2) is 69.6 Å². The van der Waals surface area contributed by atoms with Crippen LogP contribution in [0.3, 0.4) is 0 Å². The molecule has 9 heteroatoms. The van der Waals surface area contributed by atoms with Crippen molar-refractivity contribution >= 4 is 72.6 Å². The van der Waals surface area contributed by atoms with E-state index in [1.807, 2.05) is 26.8 Å². The summed E-state index contributed by atoms with van der Waals surface area (Å²) in [5.41, 5.74) is 11.0. The summed E-state index contributed by atoms with van der Waals surface area (Å²) in [6, 6.07) is 18.6. The number of para-hydroxylation sites is 3. The normalized spacial score (nSPS) is 11.3. The van der Waals surface area contributed by atoms with E-state index in [9.17, 15) is 0 Å². The summed E-state index contributed by atoms with van der Waals surface area (Å²) in [7, 11) is 4.49. The fraction of sp³-hybridized carbons (Fsp3) is 0.344. The molecule has 0 aliphatic heterocycles. The summed E-state index contributed by atoms with van der Waals surface area (Å²) in [6.07, 6.45) is 3.22. The molecule has 3 rings (SSSR count). The maximum absolute atomic E-state index is 4.97. The van der Waals surface area contributed by atoms with Crippen molar-refractivity contribution in [3.63, 3.8) is 0 Å². The molecule has 0 bridgehead atoms. The zero-order valence-electron chi connectivity index (χ0n) is 25.2. The third kappa shape index (κ3) is 14.9. The molecular formula is C32H41Br2ClCoN3OPd+. The third-order valence-electron chi connectivity index (χ3n) is 5.89. The second-order valence-corrected chi connectivity index (χ2v) is 14.3. The standard InChI is InChI=1S/C28H30N3.C4H10O.2BrH.ClH.Co.Pd/c1-18-11-8-12-19(2)26(18)29-17-25(31-28-22(5)15-10-16-23(28)6)24(7)30-27-20(3)13-9-14-21(27)4;1-3-5-4-2;;;;;/h8-16H,1-7H3;3-4H2,1-2H3;3*1H;;/q-1;;;;;2*+2/p-2. The number of rotatable bonds is 7. The van der Waals surface area contributed by atoms with Gasteiger partial charge in [0.05, 0.1) is 11.4 Å². The van der Waals surface area contributed by atoms with Crippen LogP contribution in [0.25, 0.3) is 0 Å². The Morgan fingerprint density at radius 3 is 1.34 bits per heavy atom. The van der Waals surface area contributed by atoms with Crippen molar-refractivity contribution in [2.24, 2.45) is 15.0 Å². The van der Waals surface area contributed by atoms with Gasteiger partial charge in [-0.25, -0.2) is 0 Å². The van der Waals surface area contributed by atoms with E-state index in [4.69, 9.17) is 15.0 Å². The fourth-order valence-electron chi connectivity index (χ4n) is 3.80. The van der Waals surface area contributed by atoms with Gasteiger partial charge >= 0.3 is 67.2 Å². The molecule has 41 heavy (non-hydrogen) atoms. The van der Waals surface area contributed by atoms with Crippen LogP contribution in [0.4, 0.5) is 17.1 Å². The minimum atomic E-state index is 0.641. The molecule has 1 N–H and O–H groups in total. The SMILES string of the molecule is CC(=Nc1c(C)cccc1C)C([C-]=Nc1c(C)cccc1C)=Nc1c(C)cccc1C.CC[OH+]CC.[Br][Co][Br].[Cl][Pd+]. The molecule has 0 amide bonds. The van der Waals surface area contributed by atoms with Gasteiger partial charge < -0.3 is 14.7 Å². The summed E-state index contributed by atoms with van der Waals surface area (Å²) in [5, 5.41) is 0. The van der Waals surface area contributed by atoms with Crippen LogP contribution in [-0.4, -0.2) is 35.6 Å². The van der Waals surface area contributed by atoms with Gasteiger partial charge in [0.1, 0.15) is 13.2 Å². The van der Waals surface area contributed by atoms with Gasteiger partial charge in [0.2, 0.25) is 0 Å². The Labute approximate surface area is 282 Å². The van der Waals surface area contributed by atoms with Crippen LogP contribution in [0.1, 0.15) is 54.2 Å². The van der Waals surface area contributed by atoms with Crippen molar-refractivity contribution in [3.05, 3.63) is 88.0 Å². The Hall–Kier alpha value is -0.951. The van der Waals surface area contributed by atoms with Gasteiger partial charge in [0, 0.05) is 13.8 Å². The van der Waals surface area contributed by atoms with E-state index in [1.54, 1.807) is 0 Å². The van der Waals surface area contributed by atoms with Crippen molar-refractivity contribution < 1.29 is 34.0 Å². The monoisotopic (exact) mass is 841 g/mol. The molecular weight excluding hydrogens is 803 g/mol. The van der Waals surface area contributed by atoms with Gasteiger partial charge in [-0.3, -0.25) is 4.99 Å². The molecule has 0 aromatic heterocycles. The Morgan fingerprint density at radius 1 is 0.707 bits per heavy atom. The Morgan fingerprint density at radius 2 is 1.02 bits per heavy atom. The molecule has 0 saturated heterocycles. The van der Waals surface area contributed by atoms with Crippen LogP contribution < -0.4 is 0 Å². The summed E-state index contributed by atoms with van der Waals surface area (Å²) >= 11 is 9.35. The van der Waals surface area contributed by atoms with Crippen LogP contribution in [0.5, 0.6) is 0 Å². The summed E-state index contributed by atoms with van der Waals surface area (Å²) < 4.78 is 3.97. The number of benzene rings is 3. The van der Waals surface area contributed by atoms with E-state index >= 15 is 0 Å². The van der Waals surface area contributed by atoms with Gasteiger partial charge in [-0.1, -0.05) is 78.9 Å². The molecule has 0 aliphatic rings. The van der Waals surface area contributed by atoms with Crippen molar-refractivity contribution in [2.75, 3.05) is 13.2 Å². The Balaban J connectivity index is 0.00000140. The predicted molar refractivity (Wildman–Crippen MR) is 182 cm³/mol. The van der Waals surface area contributed by atoms with Crippen LogP contribution in [0, 0.1) is 41.5 Å². The number of nitrogens with zero attached hydrogens (tertiary/aromatic N) is 3. The van der Waals surface area contributed by atoms with Crippen LogP contribution >= 0.6 is 37.9 Å². The molecule has 0 unspecified atom stereocenters. The first kappa shape index (κ1) is 40.0. The maximum atomic E-state index is 4.97.